The smallest absolute Gasteiger partial charge is 0.0438 e. The molecule has 0 spiro atoms. The zero-order valence-electron chi connectivity index (χ0n) is 9.51. The second-order valence-corrected chi connectivity index (χ2v) is 5.28. The van der Waals surface area contributed by atoms with Crippen LogP contribution in [-0.2, 0) is 0 Å². The first-order valence-corrected chi connectivity index (χ1v) is 6.96. The van der Waals surface area contributed by atoms with E-state index in [4.69, 9.17) is 0 Å². The molecule has 0 aromatic carbocycles. The van der Waals surface area contributed by atoms with E-state index >= 15 is 0 Å². The van der Waals surface area contributed by atoms with Gasteiger partial charge in [-0.1, -0.05) is 38.7 Å². The summed E-state index contributed by atoms with van der Waals surface area (Å²) in [6.45, 7) is 4.08. The molecule has 2 heteroatoms. The molecule has 0 aromatic heterocycles. The molecular formula is C12H23NS. The lowest BCUT2D eigenvalue weighted by atomic mass is 9.85. The zero-order chi connectivity index (χ0) is 10.4. The molecule has 1 aliphatic rings. The van der Waals surface area contributed by atoms with Crippen molar-refractivity contribution in [2.45, 2.75) is 43.8 Å². The van der Waals surface area contributed by atoms with E-state index in [-0.39, 0.29) is 0 Å². The fourth-order valence-electron chi connectivity index (χ4n) is 2.27. The highest BCUT2D eigenvalue weighted by Gasteiger charge is 2.19. The van der Waals surface area contributed by atoms with Crippen LogP contribution >= 0.6 is 11.8 Å². The van der Waals surface area contributed by atoms with Crippen molar-refractivity contribution in [2.24, 2.45) is 5.92 Å². The van der Waals surface area contributed by atoms with Crippen LogP contribution in [0.3, 0.4) is 0 Å². The van der Waals surface area contributed by atoms with E-state index in [9.17, 15) is 0 Å². The Hall–Kier alpha value is -0.110. The molecule has 1 rings (SSSR count). The molecule has 0 aliphatic heterocycles. The Labute approximate surface area is 92.7 Å². The minimum Gasteiger partial charge on any atom is -0.391 e. The highest BCUT2D eigenvalue weighted by molar-refractivity contribution is 7.99. The maximum Gasteiger partial charge on any atom is 0.0438 e. The second kappa shape index (κ2) is 6.39. The van der Waals surface area contributed by atoms with Crippen molar-refractivity contribution >= 4 is 11.8 Å². The van der Waals surface area contributed by atoms with Crippen molar-refractivity contribution in [3.8, 4) is 0 Å². The minimum atomic E-state index is 0.614. The molecule has 1 N–H and O–H groups in total. The Morgan fingerprint density at radius 2 is 2.07 bits per heavy atom. The first-order chi connectivity index (χ1) is 6.77. The van der Waals surface area contributed by atoms with Crippen LogP contribution in [0.2, 0.25) is 0 Å². The van der Waals surface area contributed by atoms with E-state index in [1.54, 1.807) is 0 Å². The van der Waals surface area contributed by atoms with E-state index in [2.05, 4.69) is 18.2 Å². The van der Waals surface area contributed by atoms with Crippen molar-refractivity contribution in [2.75, 3.05) is 13.3 Å². The van der Waals surface area contributed by atoms with Gasteiger partial charge < -0.3 is 5.32 Å². The van der Waals surface area contributed by atoms with Crippen LogP contribution in [0.25, 0.3) is 0 Å². The largest absolute Gasteiger partial charge is 0.391 e. The third-order valence-corrected chi connectivity index (χ3v) is 4.31. The summed E-state index contributed by atoms with van der Waals surface area (Å²) in [5, 5.41) is 3.80. The molecule has 0 heterocycles. The fraction of sp³-hybridized carbons (Fsp3) is 0.833. The average molecular weight is 213 g/mol. The number of rotatable bonds is 5. The highest BCUT2D eigenvalue weighted by atomic mass is 32.2. The summed E-state index contributed by atoms with van der Waals surface area (Å²) in [4.78, 5) is 0. The van der Waals surface area contributed by atoms with Gasteiger partial charge in [-0.2, -0.15) is 11.8 Å². The molecule has 1 saturated carbocycles. The number of hydrogen-bond donors (Lipinski definition) is 1. The van der Waals surface area contributed by atoms with Crippen LogP contribution in [0.4, 0.5) is 0 Å². The lowest BCUT2D eigenvalue weighted by Gasteiger charge is -2.26. The van der Waals surface area contributed by atoms with Crippen molar-refractivity contribution in [3.63, 3.8) is 0 Å². The van der Waals surface area contributed by atoms with Gasteiger partial charge in [0.1, 0.15) is 0 Å². The predicted octanol–water partition coefficient (Wildman–Crippen LogP) is 3.42. The molecule has 1 atom stereocenters. The summed E-state index contributed by atoms with van der Waals surface area (Å²) < 4.78 is 0. The summed E-state index contributed by atoms with van der Waals surface area (Å²) >= 11 is 1.93. The van der Waals surface area contributed by atoms with E-state index in [0.29, 0.717) is 5.25 Å². The normalized spacial score (nSPS) is 20.4. The molecule has 1 nitrogen and oxygen atoms in total. The maximum atomic E-state index is 4.08. The van der Waals surface area contributed by atoms with Gasteiger partial charge in [-0.25, -0.2) is 0 Å². The van der Waals surface area contributed by atoms with E-state index in [0.717, 1.165) is 5.92 Å². The summed E-state index contributed by atoms with van der Waals surface area (Å²) in [6.07, 6.45) is 10.7. The number of thioether (sulfide) groups is 1. The predicted molar refractivity (Wildman–Crippen MR) is 66.7 cm³/mol. The van der Waals surface area contributed by atoms with Crippen molar-refractivity contribution in [3.05, 3.63) is 12.3 Å². The molecule has 82 valence electrons. The van der Waals surface area contributed by atoms with Gasteiger partial charge in [0, 0.05) is 18.0 Å². The third kappa shape index (κ3) is 3.56. The molecule has 1 aliphatic carbocycles. The van der Waals surface area contributed by atoms with Gasteiger partial charge in [0.2, 0.25) is 0 Å². The van der Waals surface area contributed by atoms with Gasteiger partial charge in [-0.3, -0.25) is 0 Å². The summed E-state index contributed by atoms with van der Waals surface area (Å²) in [7, 11) is 1.98. The van der Waals surface area contributed by atoms with Crippen LogP contribution in [-0.4, -0.2) is 18.6 Å². The Balaban J connectivity index is 2.34. The van der Waals surface area contributed by atoms with Crippen molar-refractivity contribution in [1.82, 2.24) is 5.32 Å². The van der Waals surface area contributed by atoms with E-state index in [1.807, 2.05) is 18.8 Å². The number of hydrogen-bond acceptors (Lipinski definition) is 2. The lowest BCUT2D eigenvalue weighted by molar-refractivity contribution is 0.340. The zero-order valence-corrected chi connectivity index (χ0v) is 10.3. The Morgan fingerprint density at radius 1 is 1.43 bits per heavy atom. The molecule has 0 radical (unpaired) electrons. The third-order valence-electron chi connectivity index (χ3n) is 3.27. The van der Waals surface area contributed by atoms with Crippen LogP contribution in [0.1, 0.15) is 38.5 Å². The SMILES string of the molecule is C=C(NC)C(CC1CCCCC1)SC. The Morgan fingerprint density at radius 3 is 2.57 bits per heavy atom. The molecule has 0 bridgehead atoms. The molecule has 0 aromatic rings. The monoisotopic (exact) mass is 213 g/mol. The first kappa shape index (κ1) is 12.0. The summed E-state index contributed by atoms with van der Waals surface area (Å²) in [6, 6.07) is 0. The van der Waals surface area contributed by atoms with Crippen molar-refractivity contribution < 1.29 is 0 Å². The maximum absolute atomic E-state index is 4.08. The van der Waals surface area contributed by atoms with Crippen molar-refractivity contribution in [1.29, 1.82) is 0 Å². The molecule has 14 heavy (non-hydrogen) atoms. The summed E-state index contributed by atoms with van der Waals surface area (Å²) in [5.74, 6) is 0.950. The van der Waals surface area contributed by atoms with Gasteiger partial charge >= 0.3 is 0 Å². The molecule has 1 fully saturated rings. The minimum absolute atomic E-state index is 0.614. The quantitative estimate of drug-likeness (QED) is 0.751. The average Bonchev–Trinajstić information content (AvgIpc) is 2.26. The molecular weight excluding hydrogens is 190 g/mol. The van der Waals surface area contributed by atoms with Crippen LogP contribution in [0.5, 0.6) is 0 Å². The van der Waals surface area contributed by atoms with Crippen LogP contribution in [0, 0.1) is 5.92 Å². The standard InChI is InChI=1S/C12H23NS/c1-10(13-2)12(14-3)9-11-7-5-4-6-8-11/h11-13H,1,4-9H2,2-3H3. The molecule has 0 amide bonds. The van der Waals surface area contributed by atoms with E-state index < -0.39 is 0 Å². The summed E-state index contributed by atoms with van der Waals surface area (Å²) in [5.41, 5.74) is 1.20. The molecule has 0 saturated heterocycles. The van der Waals surface area contributed by atoms with E-state index in [1.165, 1.54) is 44.2 Å². The van der Waals surface area contributed by atoms with Crippen LogP contribution < -0.4 is 5.32 Å². The van der Waals surface area contributed by atoms with Gasteiger partial charge in [0.05, 0.1) is 0 Å². The molecule has 1 unspecified atom stereocenters. The van der Waals surface area contributed by atoms with Gasteiger partial charge in [0.15, 0.2) is 0 Å². The van der Waals surface area contributed by atoms with Crippen LogP contribution in [0.15, 0.2) is 12.3 Å². The first-order valence-electron chi connectivity index (χ1n) is 5.67. The second-order valence-electron chi connectivity index (χ2n) is 4.24. The highest BCUT2D eigenvalue weighted by Crippen LogP contribution is 2.31. The van der Waals surface area contributed by atoms with Gasteiger partial charge in [0.25, 0.3) is 0 Å². The lowest BCUT2D eigenvalue weighted by Crippen LogP contribution is -2.21. The fourth-order valence-corrected chi connectivity index (χ4v) is 3.13. The van der Waals surface area contributed by atoms with Gasteiger partial charge in [-0.15, -0.1) is 0 Å². The van der Waals surface area contributed by atoms with Gasteiger partial charge in [-0.05, 0) is 18.6 Å². The topological polar surface area (TPSA) is 12.0 Å². The number of nitrogens with one attached hydrogen (secondary N) is 1. The Kier molecular flexibility index (Phi) is 5.46. The Bertz CT molecular complexity index is 173.